The third-order valence-electron chi connectivity index (χ3n) is 4.34. The van der Waals surface area contributed by atoms with Crippen molar-refractivity contribution in [2.75, 3.05) is 10.2 Å². The molecular formula is C18H22N4O2. The summed E-state index contributed by atoms with van der Waals surface area (Å²) < 4.78 is 1.81. The molecule has 126 valence electrons. The number of para-hydroxylation sites is 1. The van der Waals surface area contributed by atoms with Crippen LogP contribution in [0.25, 0.3) is 0 Å². The van der Waals surface area contributed by atoms with E-state index < -0.39 is 6.04 Å². The minimum Gasteiger partial charge on any atom is -0.324 e. The molecular weight excluding hydrogens is 304 g/mol. The Labute approximate surface area is 141 Å². The Morgan fingerprint density at radius 3 is 2.79 bits per heavy atom. The van der Waals surface area contributed by atoms with Crippen LogP contribution >= 0.6 is 0 Å². The second-order valence-electron chi connectivity index (χ2n) is 6.11. The SMILES string of the molecule is CCC(C(=O)Nc1ccccc1C)N1C(=O)CCn2nc(C)cc21. The fourth-order valence-electron chi connectivity index (χ4n) is 3.09. The maximum atomic E-state index is 12.8. The van der Waals surface area contributed by atoms with Crippen LogP contribution in [0.2, 0.25) is 0 Å². The second-order valence-corrected chi connectivity index (χ2v) is 6.11. The molecule has 1 aromatic carbocycles. The zero-order valence-corrected chi connectivity index (χ0v) is 14.2. The molecule has 0 aliphatic carbocycles. The van der Waals surface area contributed by atoms with Crippen molar-refractivity contribution in [1.29, 1.82) is 0 Å². The van der Waals surface area contributed by atoms with Gasteiger partial charge in [0.25, 0.3) is 0 Å². The van der Waals surface area contributed by atoms with E-state index in [1.807, 2.05) is 51.1 Å². The Bertz CT molecular complexity index is 781. The third-order valence-corrected chi connectivity index (χ3v) is 4.34. The van der Waals surface area contributed by atoms with E-state index in [0.29, 0.717) is 25.2 Å². The van der Waals surface area contributed by atoms with E-state index >= 15 is 0 Å². The minimum absolute atomic E-state index is 0.0332. The Morgan fingerprint density at radius 2 is 2.08 bits per heavy atom. The van der Waals surface area contributed by atoms with Gasteiger partial charge in [-0.3, -0.25) is 14.5 Å². The molecule has 3 rings (SSSR count). The lowest BCUT2D eigenvalue weighted by Crippen LogP contribution is -2.50. The molecule has 6 nitrogen and oxygen atoms in total. The normalized spacial score (nSPS) is 15.1. The molecule has 2 heterocycles. The first-order valence-corrected chi connectivity index (χ1v) is 8.24. The number of hydrogen-bond acceptors (Lipinski definition) is 3. The number of amides is 2. The van der Waals surface area contributed by atoms with Crippen LogP contribution in [0.3, 0.4) is 0 Å². The average molecular weight is 326 g/mol. The van der Waals surface area contributed by atoms with Gasteiger partial charge in [-0.05, 0) is 31.9 Å². The summed E-state index contributed by atoms with van der Waals surface area (Å²) in [6.07, 6.45) is 0.899. The Hall–Kier alpha value is -2.63. The fourth-order valence-corrected chi connectivity index (χ4v) is 3.09. The molecule has 1 aliphatic heterocycles. The lowest BCUT2D eigenvalue weighted by molar-refractivity contribution is -0.124. The number of rotatable bonds is 4. The summed E-state index contributed by atoms with van der Waals surface area (Å²) in [7, 11) is 0. The van der Waals surface area contributed by atoms with Gasteiger partial charge in [0.2, 0.25) is 11.8 Å². The van der Waals surface area contributed by atoms with Gasteiger partial charge < -0.3 is 5.32 Å². The van der Waals surface area contributed by atoms with Gasteiger partial charge >= 0.3 is 0 Å². The highest BCUT2D eigenvalue weighted by Gasteiger charge is 2.34. The van der Waals surface area contributed by atoms with E-state index in [0.717, 1.165) is 16.9 Å². The van der Waals surface area contributed by atoms with Crippen molar-refractivity contribution in [2.24, 2.45) is 0 Å². The van der Waals surface area contributed by atoms with Crippen molar-refractivity contribution < 1.29 is 9.59 Å². The molecule has 0 fully saturated rings. The fraction of sp³-hybridized carbons (Fsp3) is 0.389. The van der Waals surface area contributed by atoms with Gasteiger partial charge in [-0.15, -0.1) is 0 Å². The van der Waals surface area contributed by atoms with Gasteiger partial charge in [-0.25, -0.2) is 4.68 Å². The van der Waals surface area contributed by atoms with Crippen molar-refractivity contribution in [3.63, 3.8) is 0 Å². The van der Waals surface area contributed by atoms with Gasteiger partial charge in [0.1, 0.15) is 11.9 Å². The molecule has 0 saturated heterocycles. The zero-order valence-electron chi connectivity index (χ0n) is 14.2. The maximum Gasteiger partial charge on any atom is 0.247 e. The Morgan fingerprint density at radius 1 is 1.33 bits per heavy atom. The molecule has 1 aromatic heterocycles. The first-order chi connectivity index (χ1) is 11.5. The maximum absolute atomic E-state index is 12.8. The standard InChI is InChI=1S/C18H22N4O2/c1-4-15(18(24)19-14-8-6-5-7-12(14)2)22-16-11-13(3)20-21(16)10-9-17(22)23/h5-8,11,15H,4,9-10H2,1-3H3,(H,19,24). The van der Waals surface area contributed by atoms with E-state index in [-0.39, 0.29) is 11.8 Å². The van der Waals surface area contributed by atoms with E-state index in [1.54, 1.807) is 9.58 Å². The van der Waals surface area contributed by atoms with E-state index in [2.05, 4.69) is 10.4 Å². The smallest absolute Gasteiger partial charge is 0.247 e. The predicted molar refractivity (Wildman–Crippen MR) is 93.0 cm³/mol. The van der Waals surface area contributed by atoms with Crippen molar-refractivity contribution >= 4 is 23.3 Å². The lowest BCUT2D eigenvalue weighted by Gasteiger charge is -2.33. The number of hydrogen-bond donors (Lipinski definition) is 1. The molecule has 1 N–H and O–H groups in total. The molecule has 6 heteroatoms. The molecule has 1 atom stereocenters. The lowest BCUT2D eigenvalue weighted by atomic mass is 10.1. The minimum atomic E-state index is -0.549. The zero-order chi connectivity index (χ0) is 17.3. The highest BCUT2D eigenvalue weighted by atomic mass is 16.2. The summed E-state index contributed by atoms with van der Waals surface area (Å²) in [6, 6.07) is 8.94. The van der Waals surface area contributed by atoms with Gasteiger partial charge in [0, 0.05) is 18.2 Å². The highest BCUT2D eigenvalue weighted by Crippen LogP contribution is 2.26. The van der Waals surface area contributed by atoms with Gasteiger partial charge in [-0.2, -0.15) is 5.10 Å². The van der Waals surface area contributed by atoms with E-state index in [1.165, 1.54) is 0 Å². The highest BCUT2D eigenvalue weighted by molar-refractivity contribution is 6.05. The molecule has 24 heavy (non-hydrogen) atoms. The second kappa shape index (κ2) is 6.47. The number of benzene rings is 1. The summed E-state index contributed by atoms with van der Waals surface area (Å²) in [5.41, 5.74) is 2.61. The van der Waals surface area contributed by atoms with Gasteiger partial charge in [0.05, 0.1) is 12.2 Å². The third kappa shape index (κ3) is 2.91. The van der Waals surface area contributed by atoms with E-state index in [4.69, 9.17) is 0 Å². The van der Waals surface area contributed by atoms with Crippen LogP contribution in [0.1, 0.15) is 31.0 Å². The number of anilines is 2. The monoisotopic (exact) mass is 326 g/mol. The van der Waals surface area contributed by atoms with Crippen LogP contribution in [0, 0.1) is 13.8 Å². The molecule has 2 amide bonds. The molecule has 0 saturated carbocycles. The molecule has 1 unspecified atom stereocenters. The number of carbonyl (C=O) groups is 2. The van der Waals surface area contributed by atoms with Crippen LogP contribution in [0.4, 0.5) is 11.5 Å². The summed E-state index contributed by atoms with van der Waals surface area (Å²) in [5, 5.41) is 7.36. The number of nitrogens with zero attached hydrogens (tertiary/aromatic N) is 3. The van der Waals surface area contributed by atoms with Crippen LogP contribution in [0.5, 0.6) is 0 Å². The molecule has 0 radical (unpaired) electrons. The Kier molecular flexibility index (Phi) is 4.38. The summed E-state index contributed by atoms with van der Waals surface area (Å²) in [5.74, 6) is 0.497. The molecule has 0 bridgehead atoms. The number of fused-ring (bicyclic) bond motifs is 1. The first kappa shape index (κ1) is 16.2. The number of nitrogens with one attached hydrogen (secondary N) is 1. The van der Waals surface area contributed by atoms with Crippen molar-refractivity contribution in [1.82, 2.24) is 9.78 Å². The van der Waals surface area contributed by atoms with Crippen LogP contribution in [0.15, 0.2) is 30.3 Å². The summed E-state index contributed by atoms with van der Waals surface area (Å²) in [4.78, 5) is 26.9. The van der Waals surface area contributed by atoms with Crippen molar-refractivity contribution in [2.45, 2.75) is 46.2 Å². The summed E-state index contributed by atoms with van der Waals surface area (Å²) >= 11 is 0. The number of aromatic nitrogens is 2. The first-order valence-electron chi connectivity index (χ1n) is 8.24. The largest absolute Gasteiger partial charge is 0.324 e. The van der Waals surface area contributed by atoms with Crippen molar-refractivity contribution in [3.05, 3.63) is 41.6 Å². The van der Waals surface area contributed by atoms with Gasteiger partial charge in [-0.1, -0.05) is 25.1 Å². The Balaban J connectivity index is 1.89. The van der Waals surface area contributed by atoms with E-state index in [9.17, 15) is 9.59 Å². The summed E-state index contributed by atoms with van der Waals surface area (Å²) in [6.45, 7) is 6.31. The van der Waals surface area contributed by atoms with Crippen molar-refractivity contribution in [3.8, 4) is 0 Å². The molecule has 1 aliphatic rings. The number of carbonyl (C=O) groups excluding carboxylic acids is 2. The molecule has 2 aromatic rings. The van der Waals surface area contributed by atoms with Crippen LogP contribution in [-0.2, 0) is 16.1 Å². The predicted octanol–water partition coefficient (Wildman–Crippen LogP) is 2.65. The van der Waals surface area contributed by atoms with Crippen LogP contribution in [-0.4, -0.2) is 27.6 Å². The number of aryl methyl sites for hydroxylation is 3. The molecule has 0 spiro atoms. The average Bonchev–Trinajstić information content (AvgIpc) is 2.93. The topological polar surface area (TPSA) is 67.2 Å². The van der Waals surface area contributed by atoms with Gasteiger partial charge in [0.15, 0.2) is 0 Å². The van der Waals surface area contributed by atoms with Crippen LogP contribution < -0.4 is 10.2 Å². The quantitative estimate of drug-likeness (QED) is 0.939.